The van der Waals surface area contributed by atoms with Crippen LogP contribution in [0.1, 0.15) is 5.56 Å². The van der Waals surface area contributed by atoms with E-state index in [9.17, 15) is 9.18 Å². The van der Waals surface area contributed by atoms with Crippen molar-refractivity contribution in [2.24, 2.45) is 0 Å². The molecule has 1 aliphatic rings. The van der Waals surface area contributed by atoms with Gasteiger partial charge in [0, 0.05) is 25.9 Å². The van der Waals surface area contributed by atoms with Gasteiger partial charge in [-0.25, -0.2) is 4.39 Å². The first kappa shape index (κ1) is 13.4. The van der Waals surface area contributed by atoms with Crippen LogP contribution in [0.5, 0.6) is 0 Å². The number of carbonyl (C=O) groups excluding carboxylic acids is 1. The van der Waals surface area contributed by atoms with E-state index in [1.807, 2.05) is 43.3 Å². The van der Waals surface area contributed by atoms with E-state index >= 15 is 0 Å². The minimum atomic E-state index is -0.358. The van der Waals surface area contributed by atoms with Gasteiger partial charge in [0.15, 0.2) is 0 Å². The zero-order chi connectivity index (χ0) is 15.0. The van der Waals surface area contributed by atoms with Crippen LogP contribution >= 0.6 is 0 Å². The lowest BCUT2D eigenvalue weighted by molar-refractivity contribution is -0.112. The second-order valence-corrected chi connectivity index (χ2v) is 5.14. The molecular formula is C17H15FN2O. The fourth-order valence-electron chi connectivity index (χ4n) is 2.50. The van der Waals surface area contributed by atoms with E-state index in [0.29, 0.717) is 11.3 Å². The highest BCUT2D eigenvalue weighted by Crippen LogP contribution is 2.41. The standard InChI is InChI=1S/C17H15FN2O/c1-19(2)11-15-14-8-3-4-9-16(14)20(17(15)21)13-7-5-6-12(18)10-13/h3-11H,1-2H3/b15-11-. The lowest BCUT2D eigenvalue weighted by Gasteiger charge is -2.17. The van der Waals surface area contributed by atoms with E-state index in [-0.39, 0.29) is 11.7 Å². The molecule has 2 aromatic rings. The molecule has 1 aliphatic heterocycles. The summed E-state index contributed by atoms with van der Waals surface area (Å²) in [5, 5.41) is 0. The molecule has 0 spiro atoms. The van der Waals surface area contributed by atoms with Crippen LogP contribution in [-0.4, -0.2) is 24.9 Å². The van der Waals surface area contributed by atoms with Crippen LogP contribution in [0.15, 0.2) is 54.7 Å². The maximum atomic E-state index is 13.5. The van der Waals surface area contributed by atoms with Gasteiger partial charge in [-0.05, 0) is 24.3 Å². The Bertz CT molecular complexity index is 737. The van der Waals surface area contributed by atoms with Crippen molar-refractivity contribution in [3.8, 4) is 0 Å². The van der Waals surface area contributed by atoms with Crippen molar-refractivity contribution in [1.29, 1.82) is 0 Å². The van der Waals surface area contributed by atoms with Crippen LogP contribution in [0, 0.1) is 5.82 Å². The topological polar surface area (TPSA) is 23.6 Å². The summed E-state index contributed by atoms with van der Waals surface area (Å²) in [5.74, 6) is -0.502. The third-order valence-electron chi connectivity index (χ3n) is 3.32. The van der Waals surface area contributed by atoms with Gasteiger partial charge < -0.3 is 4.90 Å². The Labute approximate surface area is 122 Å². The summed E-state index contributed by atoms with van der Waals surface area (Å²) in [4.78, 5) is 16.1. The number of carbonyl (C=O) groups is 1. The predicted molar refractivity (Wildman–Crippen MR) is 81.7 cm³/mol. The molecule has 21 heavy (non-hydrogen) atoms. The first-order chi connectivity index (χ1) is 10.1. The van der Waals surface area contributed by atoms with Crippen molar-refractivity contribution < 1.29 is 9.18 Å². The average Bonchev–Trinajstić information content (AvgIpc) is 2.71. The molecule has 0 bridgehead atoms. The number of hydrogen-bond acceptors (Lipinski definition) is 2. The van der Waals surface area contributed by atoms with Crippen molar-refractivity contribution in [2.75, 3.05) is 19.0 Å². The first-order valence-electron chi connectivity index (χ1n) is 6.65. The first-order valence-corrected chi connectivity index (χ1v) is 6.65. The highest BCUT2D eigenvalue weighted by Gasteiger charge is 2.33. The Hall–Kier alpha value is -2.62. The van der Waals surface area contributed by atoms with Gasteiger partial charge >= 0.3 is 0 Å². The van der Waals surface area contributed by atoms with Gasteiger partial charge in [0.05, 0.1) is 16.9 Å². The monoisotopic (exact) mass is 282 g/mol. The van der Waals surface area contributed by atoms with Crippen LogP contribution in [0.25, 0.3) is 5.57 Å². The number of para-hydroxylation sites is 1. The predicted octanol–water partition coefficient (Wildman–Crippen LogP) is 3.41. The van der Waals surface area contributed by atoms with Crippen LogP contribution in [0.2, 0.25) is 0 Å². The number of benzene rings is 2. The van der Waals surface area contributed by atoms with E-state index in [4.69, 9.17) is 0 Å². The molecule has 1 heterocycles. The summed E-state index contributed by atoms with van der Waals surface area (Å²) in [5.41, 5.74) is 2.79. The summed E-state index contributed by atoms with van der Waals surface area (Å²) in [6.45, 7) is 0. The van der Waals surface area contributed by atoms with Crippen LogP contribution < -0.4 is 4.90 Å². The molecule has 0 fully saturated rings. The van der Waals surface area contributed by atoms with Gasteiger partial charge in [0.1, 0.15) is 5.82 Å². The number of halogens is 1. The van der Waals surface area contributed by atoms with Crippen LogP contribution in [0.4, 0.5) is 15.8 Å². The molecule has 0 aliphatic carbocycles. The zero-order valence-corrected chi connectivity index (χ0v) is 11.9. The molecule has 0 atom stereocenters. The van der Waals surface area contributed by atoms with E-state index < -0.39 is 0 Å². The Morgan fingerprint density at radius 1 is 1.10 bits per heavy atom. The fourth-order valence-corrected chi connectivity index (χ4v) is 2.50. The van der Waals surface area contributed by atoms with Crippen molar-refractivity contribution in [2.45, 2.75) is 0 Å². The largest absolute Gasteiger partial charge is 0.383 e. The molecule has 0 N–H and O–H groups in total. The Kier molecular flexibility index (Phi) is 3.22. The summed E-state index contributed by atoms with van der Waals surface area (Å²) in [7, 11) is 3.74. The van der Waals surface area contributed by atoms with E-state index in [0.717, 1.165) is 11.3 Å². The van der Waals surface area contributed by atoms with E-state index in [1.165, 1.54) is 12.1 Å². The maximum absolute atomic E-state index is 13.5. The minimum Gasteiger partial charge on any atom is -0.383 e. The fraction of sp³-hybridized carbons (Fsp3) is 0.118. The molecule has 3 nitrogen and oxygen atoms in total. The molecular weight excluding hydrogens is 267 g/mol. The molecule has 0 aromatic heterocycles. The minimum absolute atomic E-state index is 0.143. The van der Waals surface area contributed by atoms with Gasteiger partial charge in [0.2, 0.25) is 0 Å². The molecule has 3 rings (SSSR count). The average molecular weight is 282 g/mol. The second kappa shape index (κ2) is 5.05. The molecule has 1 amide bonds. The molecule has 0 radical (unpaired) electrons. The number of rotatable bonds is 2. The summed E-state index contributed by atoms with van der Waals surface area (Å²) >= 11 is 0. The lowest BCUT2D eigenvalue weighted by atomic mass is 10.1. The zero-order valence-electron chi connectivity index (χ0n) is 11.9. The summed E-state index contributed by atoms with van der Waals surface area (Å²) < 4.78 is 13.5. The molecule has 4 heteroatoms. The van der Waals surface area contributed by atoms with Gasteiger partial charge in [-0.1, -0.05) is 24.3 Å². The summed E-state index contributed by atoms with van der Waals surface area (Å²) in [6.07, 6.45) is 1.79. The van der Waals surface area contributed by atoms with Crippen molar-refractivity contribution in [3.05, 3.63) is 66.1 Å². The second-order valence-electron chi connectivity index (χ2n) is 5.14. The van der Waals surface area contributed by atoms with Crippen molar-refractivity contribution >= 4 is 22.9 Å². The smallest absolute Gasteiger partial charge is 0.265 e. The third-order valence-corrected chi connectivity index (χ3v) is 3.32. The summed E-state index contributed by atoms with van der Waals surface area (Å²) in [6, 6.07) is 13.6. The third kappa shape index (κ3) is 2.29. The Morgan fingerprint density at radius 2 is 1.86 bits per heavy atom. The maximum Gasteiger partial charge on any atom is 0.265 e. The van der Waals surface area contributed by atoms with Gasteiger partial charge in [-0.2, -0.15) is 0 Å². The number of amides is 1. The van der Waals surface area contributed by atoms with Gasteiger partial charge in [-0.3, -0.25) is 9.69 Å². The van der Waals surface area contributed by atoms with Gasteiger partial charge in [0.25, 0.3) is 5.91 Å². The van der Waals surface area contributed by atoms with Crippen molar-refractivity contribution in [1.82, 2.24) is 4.90 Å². The molecule has 2 aromatic carbocycles. The van der Waals surface area contributed by atoms with Gasteiger partial charge in [-0.15, -0.1) is 0 Å². The number of nitrogens with zero attached hydrogens (tertiary/aromatic N) is 2. The highest BCUT2D eigenvalue weighted by atomic mass is 19.1. The number of fused-ring (bicyclic) bond motifs is 1. The van der Waals surface area contributed by atoms with E-state index in [2.05, 4.69) is 0 Å². The molecule has 0 saturated heterocycles. The van der Waals surface area contributed by atoms with Crippen LogP contribution in [0.3, 0.4) is 0 Å². The lowest BCUT2D eigenvalue weighted by Crippen LogP contribution is -2.21. The molecule has 106 valence electrons. The number of anilines is 2. The molecule has 0 unspecified atom stereocenters. The molecule has 0 saturated carbocycles. The van der Waals surface area contributed by atoms with E-state index in [1.54, 1.807) is 23.2 Å². The SMILES string of the molecule is CN(C)/C=C1\C(=O)N(c2cccc(F)c2)c2ccccc21. The number of hydrogen-bond donors (Lipinski definition) is 0. The van der Waals surface area contributed by atoms with Crippen LogP contribution in [-0.2, 0) is 4.79 Å². The Morgan fingerprint density at radius 3 is 2.57 bits per heavy atom. The van der Waals surface area contributed by atoms with Crippen molar-refractivity contribution in [3.63, 3.8) is 0 Å². The Balaban J connectivity index is 2.17. The quantitative estimate of drug-likeness (QED) is 0.788. The highest BCUT2D eigenvalue weighted by molar-refractivity contribution is 6.34. The normalized spacial score (nSPS) is 15.5.